The predicted octanol–water partition coefficient (Wildman–Crippen LogP) is 13.6. The van der Waals surface area contributed by atoms with Gasteiger partial charge >= 0.3 is 0 Å². The summed E-state index contributed by atoms with van der Waals surface area (Å²) < 4.78 is 4.38. The zero-order valence-electron chi connectivity index (χ0n) is 32.1. The van der Waals surface area contributed by atoms with Crippen molar-refractivity contribution in [3.05, 3.63) is 194 Å². The number of benzene rings is 8. The lowest BCUT2D eigenvalue weighted by Gasteiger charge is -2.12. The quantitative estimate of drug-likeness (QED) is 0.168. The molecule has 0 fully saturated rings. The molecule has 0 spiro atoms. The third-order valence-corrected chi connectivity index (χ3v) is 12.5. The second kappa shape index (κ2) is 13.9. The number of aromatic nitrogens is 6. The first-order valence-corrected chi connectivity index (χ1v) is 20.8. The lowest BCUT2D eigenvalue weighted by Crippen LogP contribution is -2.06. The van der Waals surface area contributed by atoms with Gasteiger partial charge in [0.05, 0.1) is 31.6 Å². The van der Waals surface area contributed by atoms with Crippen molar-refractivity contribution < 1.29 is 0 Å². The van der Waals surface area contributed by atoms with Gasteiger partial charge in [0, 0.05) is 38.4 Å². The minimum absolute atomic E-state index is 0.547. The molecule has 0 bridgehead atoms. The molecule has 12 aromatic rings. The first-order valence-electron chi connectivity index (χ1n) is 19.9. The number of hydrogen-bond acceptors (Lipinski definition) is 6. The van der Waals surface area contributed by atoms with Gasteiger partial charge in [0.15, 0.2) is 17.5 Å². The van der Waals surface area contributed by atoms with Crippen LogP contribution in [0.15, 0.2) is 194 Å². The smallest absolute Gasteiger partial charge is 0.238 e. The van der Waals surface area contributed by atoms with Crippen LogP contribution in [0.5, 0.6) is 0 Å². The van der Waals surface area contributed by atoms with E-state index in [0.717, 1.165) is 92.0 Å². The zero-order chi connectivity index (χ0) is 39.6. The van der Waals surface area contributed by atoms with Gasteiger partial charge in [-0.05, 0) is 28.0 Å². The minimum atomic E-state index is 0.547. The molecule has 4 heterocycles. The van der Waals surface area contributed by atoms with Gasteiger partial charge in [0.2, 0.25) is 5.95 Å². The summed E-state index contributed by atoms with van der Waals surface area (Å²) in [5, 5.41) is 5.65. The van der Waals surface area contributed by atoms with Crippen LogP contribution in [-0.4, -0.2) is 29.5 Å². The van der Waals surface area contributed by atoms with Crippen LogP contribution in [0, 0.1) is 0 Å². The lowest BCUT2D eigenvalue weighted by atomic mass is 9.99. The van der Waals surface area contributed by atoms with E-state index in [1.165, 1.54) is 0 Å². The van der Waals surface area contributed by atoms with Gasteiger partial charge in [-0.1, -0.05) is 188 Å². The van der Waals surface area contributed by atoms with E-state index in [2.05, 4.69) is 150 Å². The van der Waals surface area contributed by atoms with E-state index in [1.54, 1.807) is 11.3 Å². The van der Waals surface area contributed by atoms with E-state index < -0.39 is 0 Å². The monoisotopic (exact) mass is 784 g/mol. The maximum Gasteiger partial charge on any atom is 0.238 e. The van der Waals surface area contributed by atoms with Crippen molar-refractivity contribution in [2.45, 2.75) is 0 Å². The Bertz CT molecular complexity index is 3570. The Morgan fingerprint density at radius 2 is 0.783 bits per heavy atom. The molecule has 0 radical (unpaired) electrons. The van der Waals surface area contributed by atoms with Gasteiger partial charge < -0.3 is 0 Å². The molecule has 0 saturated heterocycles. The van der Waals surface area contributed by atoms with Gasteiger partial charge in [-0.15, -0.1) is 11.3 Å². The molecule has 0 unspecified atom stereocenters. The molecule has 0 atom stereocenters. The maximum absolute atomic E-state index is 5.42. The molecule has 0 aliphatic carbocycles. The van der Waals surface area contributed by atoms with Crippen molar-refractivity contribution in [3.63, 3.8) is 0 Å². The molecule has 8 aromatic carbocycles. The van der Waals surface area contributed by atoms with Crippen LogP contribution < -0.4 is 0 Å². The van der Waals surface area contributed by atoms with E-state index >= 15 is 0 Å². The SMILES string of the molecule is c1ccc(-c2ccc(-c3nc(-c4ccccc4)nc(-n4c5ccccc5c5c6ccccc6c6c7nc(-c8ccccc8)nc(-c8ccccc8)c7sc6c54)n3)cc2)cc1. The van der Waals surface area contributed by atoms with E-state index in [-0.39, 0.29) is 0 Å². The highest BCUT2D eigenvalue weighted by Crippen LogP contribution is 2.49. The molecule has 4 aromatic heterocycles. The van der Waals surface area contributed by atoms with Crippen LogP contribution in [0.1, 0.15) is 0 Å². The standard InChI is InChI=1S/C53H32N6S/c1-5-17-33(18-6-1)34-29-31-38(32-30-34)52-56-51(37-23-11-4-12-24-37)57-53(58-52)59-42-28-16-15-27-41(42)43-39-25-13-14-26-40(39)44-46-49(60-48(44)47(43)59)45(35-19-7-2-8-20-35)54-50(55-46)36-21-9-3-10-22-36/h1-32H. The molecule has 0 aliphatic rings. The zero-order valence-corrected chi connectivity index (χ0v) is 32.9. The van der Waals surface area contributed by atoms with Gasteiger partial charge in [0.25, 0.3) is 0 Å². The average Bonchev–Trinajstić information content (AvgIpc) is 3.90. The molecule has 0 aliphatic heterocycles. The summed E-state index contributed by atoms with van der Waals surface area (Å²) in [7, 11) is 0. The van der Waals surface area contributed by atoms with Gasteiger partial charge in [-0.3, -0.25) is 4.57 Å². The molecule has 280 valence electrons. The van der Waals surface area contributed by atoms with E-state index in [9.17, 15) is 0 Å². The summed E-state index contributed by atoms with van der Waals surface area (Å²) in [5.41, 5.74) is 10.0. The first-order chi connectivity index (χ1) is 29.8. The van der Waals surface area contributed by atoms with Crippen LogP contribution in [-0.2, 0) is 0 Å². The number of para-hydroxylation sites is 1. The topological polar surface area (TPSA) is 69.4 Å². The molecule has 0 N–H and O–H groups in total. The Hall–Kier alpha value is -7.87. The third-order valence-electron chi connectivity index (χ3n) is 11.3. The summed E-state index contributed by atoms with van der Waals surface area (Å²) in [6.07, 6.45) is 0. The van der Waals surface area contributed by atoms with E-state index in [0.29, 0.717) is 23.4 Å². The van der Waals surface area contributed by atoms with Crippen molar-refractivity contribution in [3.8, 4) is 62.5 Å². The summed E-state index contributed by atoms with van der Waals surface area (Å²) in [4.78, 5) is 26.5. The molecular formula is C53H32N6S. The second-order valence-electron chi connectivity index (χ2n) is 14.8. The molecule has 60 heavy (non-hydrogen) atoms. The van der Waals surface area contributed by atoms with Crippen molar-refractivity contribution in [1.82, 2.24) is 29.5 Å². The number of thiophene rings is 1. The molecule has 6 nitrogen and oxygen atoms in total. The van der Waals surface area contributed by atoms with Crippen LogP contribution in [0.3, 0.4) is 0 Å². The second-order valence-corrected chi connectivity index (χ2v) is 15.8. The third kappa shape index (κ3) is 5.51. The Balaban J connectivity index is 1.20. The van der Waals surface area contributed by atoms with Crippen molar-refractivity contribution >= 4 is 64.2 Å². The fourth-order valence-corrected chi connectivity index (χ4v) is 9.82. The Morgan fingerprint density at radius 3 is 1.40 bits per heavy atom. The summed E-state index contributed by atoms with van der Waals surface area (Å²) >= 11 is 1.74. The van der Waals surface area contributed by atoms with Gasteiger partial charge in [0.1, 0.15) is 0 Å². The molecule has 0 saturated carbocycles. The Kier molecular flexibility index (Phi) is 7.92. The van der Waals surface area contributed by atoms with Crippen LogP contribution in [0.2, 0.25) is 0 Å². The van der Waals surface area contributed by atoms with E-state index in [1.807, 2.05) is 48.5 Å². The minimum Gasteiger partial charge on any atom is -0.276 e. The van der Waals surface area contributed by atoms with Gasteiger partial charge in [-0.25, -0.2) is 15.0 Å². The van der Waals surface area contributed by atoms with Crippen LogP contribution in [0.25, 0.3) is 115 Å². The molecular weight excluding hydrogens is 753 g/mol. The highest BCUT2D eigenvalue weighted by molar-refractivity contribution is 7.27. The fraction of sp³-hybridized carbons (Fsp3) is 0. The molecule has 12 rings (SSSR count). The average molecular weight is 785 g/mol. The number of hydrogen-bond donors (Lipinski definition) is 0. The number of rotatable bonds is 6. The summed E-state index contributed by atoms with van der Waals surface area (Å²) in [5.74, 6) is 2.44. The largest absolute Gasteiger partial charge is 0.276 e. The highest BCUT2D eigenvalue weighted by atomic mass is 32.1. The Labute approximate surface area is 348 Å². The normalized spacial score (nSPS) is 11.7. The fourth-order valence-electron chi connectivity index (χ4n) is 8.51. The summed E-state index contributed by atoms with van der Waals surface area (Å²) in [6, 6.07) is 67.1. The summed E-state index contributed by atoms with van der Waals surface area (Å²) in [6.45, 7) is 0. The number of nitrogens with zero attached hydrogens (tertiary/aromatic N) is 6. The highest BCUT2D eigenvalue weighted by Gasteiger charge is 2.26. The molecule has 7 heteroatoms. The van der Waals surface area contributed by atoms with Crippen molar-refractivity contribution in [1.29, 1.82) is 0 Å². The van der Waals surface area contributed by atoms with Crippen molar-refractivity contribution in [2.75, 3.05) is 0 Å². The first kappa shape index (κ1) is 34.2. The molecule has 0 amide bonds. The maximum atomic E-state index is 5.42. The van der Waals surface area contributed by atoms with Crippen LogP contribution in [0.4, 0.5) is 0 Å². The predicted molar refractivity (Wildman–Crippen MR) is 247 cm³/mol. The van der Waals surface area contributed by atoms with Crippen molar-refractivity contribution in [2.24, 2.45) is 0 Å². The van der Waals surface area contributed by atoms with E-state index in [4.69, 9.17) is 24.9 Å². The number of fused-ring (bicyclic) bond motifs is 10. The van der Waals surface area contributed by atoms with Gasteiger partial charge in [-0.2, -0.15) is 9.97 Å². The lowest BCUT2D eigenvalue weighted by molar-refractivity contribution is 0.955. The van der Waals surface area contributed by atoms with Crippen LogP contribution >= 0.6 is 11.3 Å². The Morgan fingerprint density at radius 1 is 0.333 bits per heavy atom.